The maximum Gasteiger partial charge on any atom is 0.236 e. The molecule has 7 heteroatoms. The number of rotatable bonds is 5. The van der Waals surface area contributed by atoms with Crippen LogP contribution >= 0.6 is 23.3 Å². The number of fused-ring (bicyclic) bond motifs is 1. The number of carbonyl (C=O) groups is 1. The van der Waals surface area contributed by atoms with Gasteiger partial charge in [-0.15, -0.1) is 11.8 Å². The van der Waals surface area contributed by atoms with Gasteiger partial charge >= 0.3 is 0 Å². The first-order chi connectivity index (χ1) is 12.2. The van der Waals surface area contributed by atoms with E-state index in [0.717, 1.165) is 57.4 Å². The zero-order valence-corrected chi connectivity index (χ0v) is 16.2. The van der Waals surface area contributed by atoms with Crippen LogP contribution in [-0.2, 0) is 4.79 Å². The van der Waals surface area contributed by atoms with Gasteiger partial charge < -0.3 is 9.80 Å². The molecular formula is C18H24N4OS2. The van der Waals surface area contributed by atoms with Crippen LogP contribution in [0.4, 0.5) is 5.82 Å². The summed E-state index contributed by atoms with van der Waals surface area (Å²) in [6.07, 6.45) is 1.07. The lowest BCUT2D eigenvalue weighted by Crippen LogP contribution is -2.47. The average Bonchev–Trinajstić information content (AvgIpc) is 3.21. The van der Waals surface area contributed by atoms with Crippen molar-refractivity contribution in [3.63, 3.8) is 0 Å². The van der Waals surface area contributed by atoms with Crippen LogP contribution in [0.5, 0.6) is 0 Å². The van der Waals surface area contributed by atoms with E-state index >= 15 is 0 Å². The highest BCUT2D eigenvalue weighted by Gasteiger charge is 2.28. The molecule has 0 N–H and O–H groups in total. The molecule has 1 unspecified atom stereocenters. The topological polar surface area (TPSA) is 39.7 Å². The molecule has 134 valence electrons. The van der Waals surface area contributed by atoms with Crippen LogP contribution in [0, 0.1) is 0 Å². The summed E-state index contributed by atoms with van der Waals surface area (Å²) in [5.74, 6) is 2.32. The fourth-order valence-corrected chi connectivity index (χ4v) is 5.28. The van der Waals surface area contributed by atoms with Crippen LogP contribution in [0.1, 0.15) is 13.3 Å². The minimum atomic E-state index is 0.150. The predicted molar refractivity (Wildman–Crippen MR) is 107 cm³/mol. The SMILES string of the molecule is CC1SCN(CCCN2CCN(c3nsc4ccccc34)CC2)C1=O. The van der Waals surface area contributed by atoms with Gasteiger partial charge in [0, 0.05) is 38.1 Å². The minimum Gasteiger partial charge on any atom is -0.353 e. The monoisotopic (exact) mass is 376 g/mol. The van der Waals surface area contributed by atoms with E-state index in [0.29, 0.717) is 5.91 Å². The molecule has 0 radical (unpaired) electrons. The third-order valence-corrected chi connectivity index (χ3v) is 7.05. The van der Waals surface area contributed by atoms with Gasteiger partial charge in [0.05, 0.1) is 15.8 Å². The summed E-state index contributed by atoms with van der Waals surface area (Å²) in [7, 11) is 0. The summed E-state index contributed by atoms with van der Waals surface area (Å²) in [6, 6.07) is 8.49. The number of amides is 1. The number of piperazine rings is 1. The summed E-state index contributed by atoms with van der Waals surface area (Å²) >= 11 is 3.34. The Hall–Kier alpha value is -1.31. The predicted octanol–water partition coefficient (Wildman–Crippen LogP) is 2.73. The minimum absolute atomic E-state index is 0.150. The lowest BCUT2D eigenvalue weighted by atomic mass is 10.2. The molecule has 1 amide bonds. The molecule has 0 bridgehead atoms. The van der Waals surface area contributed by atoms with Crippen molar-refractivity contribution in [2.24, 2.45) is 0 Å². The summed E-state index contributed by atoms with van der Waals surface area (Å²) < 4.78 is 5.94. The molecule has 25 heavy (non-hydrogen) atoms. The van der Waals surface area contributed by atoms with Crippen LogP contribution in [-0.4, -0.2) is 70.5 Å². The third-order valence-electron chi connectivity index (χ3n) is 5.07. The normalized spacial score (nSPS) is 22.3. The Kier molecular flexibility index (Phi) is 5.15. The molecule has 3 heterocycles. The van der Waals surface area contributed by atoms with Crippen LogP contribution in [0.25, 0.3) is 10.1 Å². The van der Waals surface area contributed by atoms with Crippen LogP contribution in [0.3, 0.4) is 0 Å². The Morgan fingerprint density at radius 1 is 1.16 bits per heavy atom. The van der Waals surface area contributed by atoms with Crippen LogP contribution in [0.2, 0.25) is 0 Å². The zero-order chi connectivity index (χ0) is 17.2. The molecule has 2 aliphatic rings. The second kappa shape index (κ2) is 7.51. The van der Waals surface area contributed by atoms with Crippen LogP contribution < -0.4 is 4.90 Å². The Morgan fingerprint density at radius 2 is 1.96 bits per heavy atom. The van der Waals surface area contributed by atoms with E-state index in [2.05, 4.69) is 38.4 Å². The van der Waals surface area contributed by atoms with Crippen molar-refractivity contribution in [1.29, 1.82) is 0 Å². The van der Waals surface area contributed by atoms with E-state index < -0.39 is 0 Å². The second-order valence-electron chi connectivity index (χ2n) is 6.72. The molecule has 1 atom stereocenters. The molecule has 2 aliphatic heterocycles. The molecule has 0 saturated carbocycles. The van der Waals surface area contributed by atoms with E-state index in [1.54, 1.807) is 23.3 Å². The third kappa shape index (κ3) is 3.64. The standard InChI is InChI=1S/C18H24N4OS2/c1-14-18(23)22(13-24-14)8-4-7-20-9-11-21(12-10-20)17-15-5-2-3-6-16(15)25-19-17/h2-3,5-6,14H,4,7-13H2,1H3. The average molecular weight is 377 g/mol. The summed E-state index contributed by atoms with van der Waals surface area (Å²) in [6.45, 7) is 8.19. The fourth-order valence-electron chi connectivity index (χ4n) is 3.54. The summed E-state index contributed by atoms with van der Waals surface area (Å²) in [4.78, 5) is 18.9. The van der Waals surface area contributed by atoms with E-state index in [1.165, 1.54) is 10.1 Å². The first-order valence-corrected chi connectivity index (χ1v) is 10.8. The number of carbonyl (C=O) groups excluding carboxylic acids is 1. The van der Waals surface area contributed by atoms with Crippen molar-refractivity contribution in [2.45, 2.75) is 18.6 Å². The van der Waals surface area contributed by atoms with Gasteiger partial charge in [0.2, 0.25) is 5.91 Å². The second-order valence-corrected chi connectivity index (χ2v) is 8.83. The molecule has 1 aromatic heterocycles. The molecule has 1 aromatic carbocycles. The van der Waals surface area contributed by atoms with Crippen molar-refractivity contribution < 1.29 is 4.79 Å². The lowest BCUT2D eigenvalue weighted by Gasteiger charge is -2.35. The largest absolute Gasteiger partial charge is 0.353 e. The van der Waals surface area contributed by atoms with Gasteiger partial charge in [-0.05, 0) is 43.6 Å². The Morgan fingerprint density at radius 3 is 2.72 bits per heavy atom. The number of hydrogen-bond acceptors (Lipinski definition) is 6. The van der Waals surface area contributed by atoms with Crippen molar-refractivity contribution in [3.8, 4) is 0 Å². The number of thioether (sulfide) groups is 1. The fraction of sp³-hybridized carbons (Fsp3) is 0.556. The molecule has 2 saturated heterocycles. The highest BCUT2D eigenvalue weighted by molar-refractivity contribution is 8.01. The van der Waals surface area contributed by atoms with Gasteiger partial charge in [-0.3, -0.25) is 9.69 Å². The Bertz CT molecular complexity index is 742. The van der Waals surface area contributed by atoms with Gasteiger partial charge in [0.15, 0.2) is 0 Å². The highest BCUT2D eigenvalue weighted by Crippen LogP contribution is 2.29. The quantitative estimate of drug-likeness (QED) is 0.802. The van der Waals surface area contributed by atoms with Crippen molar-refractivity contribution in [2.75, 3.05) is 50.0 Å². The van der Waals surface area contributed by atoms with E-state index in [4.69, 9.17) is 0 Å². The molecule has 5 nitrogen and oxygen atoms in total. The van der Waals surface area contributed by atoms with E-state index in [-0.39, 0.29) is 5.25 Å². The van der Waals surface area contributed by atoms with Gasteiger partial charge in [-0.25, -0.2) is 0 Å². The van der Waals surface area contributed by atoms with Crippen molar-refractivity contribution >= 4 is 45.1 Å². The van der Waals surface area contributed by atoms with Gasteiger partial charge in [0.25, 0.3) is 0 Å². The molecule has 2 fully saturated rings. The van der Waals surface area contributed by atoms with Gasteiger partial charge in [-0.2, -0.15) is 4.37 Å². The maximum atomic E-state index is 11.9. The van der Waals surface area contributed by atoms with Crippen molar-refractivity contribution in [3.05, 3.63) is 24.3 Å². The van der Waals surface area contributed by atoms with E-state index in [1.807, 2.05) is 11.8 Å². The first kappa shape index (κ1) is 17.1. The first-order valence-electron chi connectivity index (χ1n) is 8.94. The smallest absolute Gasteiger partial charge is 0.236 e. The molecule has 0 aliphatic carbocycles. The lowest BCUT2D eigenvalue weighted by molar-refractivity contribution is -0.128. The van der Waals surface area contributed by atoms with Gasteiger partial charge in [-0.1, -0.05) is 12.1 Å². The maximum absolute atomic E-state index is 11.9. The molecular weight excluding hydrogens is 352 g/mol. The number of aromatic nitrogens is 1. The summed E-state index contributed by atoms with van der Waals surface area (Å²) in [5.41, 5.74) is 0. The highest BCUT2D eigenvalue weighted by atomic mass is 32.2. The van der Waals surface area contributed by atoms with Crippen LogP contribution in [0.15, 0.2) is 24.3 Å². The van der Waals surface area contributed by atoms with Gasteiger partial charge in [0.1, 0.15) is 5.82 Å². The number of benzene rings is 1. The Balaban J connectivity index is 1.25. The summed E-state index contributed by atoms with van der Waals surface area (Å²) in [5, 5.41) is 1.43. The number of anilines is 1. The number of hydrogen-bond donors (Lipinski definition) is 0. The molecule has 0 spiro atoms. The van der Waals surface area contributed by atoms with E-state index in [9.17, 15) is 4.79 Å². The zero-order valence-electron chi connectivity index (χ0n) is 14.6. The number of nitrogens with zero attached hydrogens (tertiary/aromatic N) is 4. The van der Waals surface area contributed by atoms with Crippen molar-refractivity contribution in [1.82, 2.24) is 14.2 Å². The molecule has 2 aromatic rings. The Labute approximate surface area is 157 Å². The molecule has 4 rings (SSSR count).